The number of carboxylic acids is 1. The van der Waals surface area contributed by atoms with E-state index in [0.717, 1.165) is 49.2 Å². The van der Waals surface area contributed by atoms with E-state index in [1.54, 1.807) is 12.1 Å². The van der Waals surface area contributed by atoms with Gasteiger partial charge in [-0.15, -0.1) is 0 Å². The molecule has 1 aromatic carbocycles. The van der Waals surface area contributed by atoms with Gasteiger partial charge in [0.1, 0.15) is 5.82 Å². The van der Waals surface area contributed by atoms with E-state index in [1.807, 2.05) is 6.07 Å². The fourth-order valence-corrected chi connectivity index (χ4v) is 4.95. The minimum absolute atomic E-state index is 0.314. The molecule has 1 aromatic heterocycles. The number of benzene rings is 1. The van der Waals surface area contributed by atoms with Gasteiger partial charge in [0.15, 0.2) is 0 Å². The van der Waals surface area contributed by atoms with Gasteiger partial charge in [0.05, 0.1) is 16.6 Å². The lowest BCUT2D eigenvalue weighted by Crippen LogP contribution is -2.16. The van der Waals surface area contributed by atoms with Crippen LogP contribution in [0, 0.1) is 0 Å². The maximum absolute atomic E-state index is 11.4. The molecule has 0 saturated carbocycles. The summed E-state index contributed by atoms with van der Waals surface area (Å²) in [4.78, 5) is 18.4. The maximum Gasteiger partial charge on any atom is 0.335 e. The first-order valence-electron chi connectivity index (χ1n) is 14.4. The van der Waals surface area contributed by atoms with Crippen LogP contribution in [0.4, 0.5) is 0 Å². The fraction of sp³-hybridized carbons (Fsp3) is 0.733. The van der Waals surface area contributed by atoms with Gasteiger partial charge in [0, 0.05) is 13.0 Å². The Morgan fingerprint density at radius 2 is 1.37 bits per heavy atom. The second kappa shape index (κ2) is 17.5. The number of imidazole rings is 1. The Morgan fingerprint density at radius 3 is 1.89 bits per heavy atom. The van der Waals surface area contributed by atoms with Crippen molar-refractivity contribution >= 4 is 17.0 Å². The number of hydrogen-bond acceptors (Lipinski definition) is 3. The van der Waals surface area contributed by atoms with Crippen molar-refractivity contribution in [3.8, 4) is 0 Å². The van der Waals surface area contributed by atoms with Crippen molar-refractivity contribution < 1.29 is 9.90 Å². The molecule has 0 bridgehead atoms. The molecule has 0 aliphatic rings. The predicted molar refractivity (Wildman–Crippen MR) is 148 cm³/mol. The third-order valence-electron chi connectivity index (χ3n) is 7.07. The first-order valence-corrected chi connectivity index (χ1v) is 14.4. The summed E-state index contributed by atoms with van der Waals surface area (Å²) in [6, 6.07) is 5.35. The van der Waals surface area contributed by atoms with E-state index >= 15 is 0 Å². The molecule has 5 nitrogen and oxygen atoms in total. The van der Waals surface area contributed by atoms with Crippen LogP contribution in [0.1, 0.15) is 126 Å². The molecule has 0 aliphatic carbocycles. The Bertz CT molecular complexity index is 843. The molecule has 5 heteroatoms. The van der Waals surface area contributed by atoms with E-state index in [2.05, 4.69) is 30.5 Å². The number of aromatic carboxylic acids is 1. The molecule has 2 aromatic rings. The zero-order chi connectivity index (χ0) is 25.3. The summed E-state index contributed by atoms with van der Waals surface area (Å²) >= 11 is 0. The van der Waals surface area contributed by atoms with Crippen LogP contribution < -0.4 is 0 Å². The highest BCUT2D eigenvalue weighted by atomic mass is 16.4. The first-order chi connectivity index (χ1) is 17.0. The summed E-state index contributed by atoms with van der Waals surface area (Å²) in [5, 5.41) is 9.33. The van der Waals surface area contributed by atoms with Crippen LogP contribution in [0.15, 0.2) is 18.2 Å². The summed E-state index contributed by atoms with van der Waals surface area (Å²) < 4.78 is 2.31. The molecule has 2 rings (SSSR count). The number of aryl methyl sites for hydroxylation is 2. The number of nitrogens with zero attached hydrogens (tertiary/aromatic N) is 3. The van der Waals surface area contributed by atoms with Crippen LogP contribution in [-0.2, 0) is 13.0 Å². The molecule has 0 aliphatic heterocycles. The Labute approximate surface area is 214 Å². The van der Waals surface area contributed by atoms with Gasteiger partial charge >= 0.3 is 5.97 Å². The molecule has 0 radical (unpaired) electrons. The average Bonchev–Trinajstić information content (AvgIpc) is 3.18. The molecule has 0 amide bonds. The van der Waals surface area contributed by atoms with Crippen LogP contribution in [0.25, 0.3) is 11.0 Å². The van der Waals surface area contributed by atoms with Crippen LogP contribution >= 0.6 is 0 Å². The lowest BCUT2D eigenvalue weighted by atomic mass is 10.0. The van der Waals surface area contributed by atoms with Gasteiger partial charge in [-0.25, -0.2) is 9.78 Å². The zero-order valence-corrected chi connectivity index (χ0v) is 22.9. The Morgan fingerprint density at radius 1 is 0.829 bits per heavy atom. The summed E-state index contributed by atoms with van der Waals surface area (Å²) in [6.45, 7) is 4.24. The molecular weight excluding hydrogens is 434 g/mol. The van der Waals surface area contributed by atoms with Crippen LogP contribution in [0.3, 0.4) is 0 Å². The van der Waals surface area contributed by atoms with Crippen LogP contribution in [0.2, 0.25) is 0 Å². The molecule has 1 N–H and O–H groups in total. The SMILES string of the molecule is CCCCCCCCCCCCCCCCCc1nc2cc(C(=O)O)ccc2n1CCCN(C)C. The quantitative estimate of drug-likeness (QED) is 0.181. The molecule has 1 heterocycles. The number of rotatable bonds is 21. The number of unbranched alkanes of at least 4 members (excludes halogenated alkanes) is 14. The number of carbonyl (C=O) groups is 1. The smallest absolute Gasteiger partial charge is 0.335 e. The molecule has 0 fully saturated rings. The number of carboxylic acid groups (broad SMARTS) is 1. The van der Waals surface area contributed by atoms with Crippen molar-refractivity contribution in [1.29, 1.82) is 0 Å². The highest BCUT2D eigenvalue weighted by Gasteiger charge is 2.13. The topological polar surface area (TPSA) is 58.4 Å². The van der Waals surface area contributed by atoms with Crippen molar-refractivity contribution in [1.82, 2.24) is 14.5 Å². The van der Waals surface area contributed by atoms with E-state index in [-0.39, 0.29) is 0 Å². The van der Waals surface area contributed by atoms with Crippen LogP contribution in [0.5, 0.6) is 0 Å². The lowest BCUT2D eigenvalue weighted by Gasteiger charge is -2.12. The Kier molecular flexibility index (Phi) is 14.7. The van der Waals surface area contributed by atoms with Gasteiger partial charge in [0.2, 0.25) is 0 Å². The number of hydrogen-bond donors (Lipinski definition) is 1. The number of fused-ring (bicyclic) bond motifs is 1. The average molecular weight is 486 g/mol. The second-order valence-electron chi connectivity index (χ2n) is 10.5. The van der Waals surface area contributed by atoms with Crippen molar-refractivity contribution in [2.45, 2.75) is 123 Å². The van der Waals surface area contributed by atoms with Gasteiger partial charge in [-0.05, 0) is 51.7 Å². The summed E-state index contributed by atoms with van der Waals surface area (Å²) in [5.74, 6) is 0.217. The van der Waals surface area contributed by atoms with Crippen molar-refractivity contribution in [3.05, 3.63) is 29.6 Å². The van der Waals surface area contributed by atoms with E-state index in [4.69, 9.17) is 4.98 Å². The van der Waals surface area contributed by atoms with Gasteiger partial charge in [-0.2, -0.15) is 0 Å². The standard InChI is InChI=1S/C30H51N3O2/c1-4-5-6-7-8-9-10-11-12-13-14-15-16-17-18-20-29-31-27-25-26(30(34)35)21-22-28(27)33(29)24-19-23-32(2)3/h21-22,25H,4-20,23-24H2,1-3H3,(H,34,35). The summed E-state index contributed by atoms with van der Waals surface area (Å²) in [7, 11) is 4.20. The Balaban J connectivity index is 1.66. The van der Waals surface area contributed by atoms with Crippen molar-refractivity contribution in [3.63, 3.8) is 0 Å². The zero-order valence-electron chi connectivity index (χ0n) is 22.9. The second-order valence-corrected chi connectivity index (χ2v) is 10.5. The van der Waals surface area contributed by atoms with Gasteiger partial charge in [-0.1, -0.05) is 96.8 Å². The molecule has 198 valence electrons. The lowest BCUT2D eigenvalue weighted by molar-refractivity contribution is 0.0697. The van der Waals surface area contributed by atoms with E-state index in [0.29, 0.717) is 5.56 Å². The van der Waals surface area contributed by atoms with Crippen molar-refractivity contribution in [2.24, 2.45) is 0 Å². The van der Waals surface area contributed by atoms with Crippen LogP contribution in [-0.4, -0.2) is 46.2 Å². The fourth-order valence-electron chi connectivity index (χ4n) is 4.95. The molecular formula is C30H51N3O2. The molecule has 0 saturated heterocycles. The predicted octanol–water partition coefficient (Wildman–Crippen LogP) is 8.10. The first kappa shape index (κ1) is 29.4. The van der Waals surface area contributed by atoms with Gasteiger partial charge in [0.25, 0.3) is 0 Å². The maximum atomic E-state index is 11.4. The molecule has 35 heavy (non-hydrogen) atoms. The Hall–Kier alpha value is -1.88. The number of aromatic nitrogens is 2. The molecule has 0 atom stereocenters. The summed E-state index contributed by atoms with van der Waals surface area (Å²) in [6.07, 6.45) is 22.6. The largest absolute Gasteiger partial charge is 0.478 e. The summed E-state index contributed by atoms with van der Waals surface area (Å²) in [5.41, 5.74) is 2.18. The van der Waals surface area contributed by atoms with E-state index in [9.17, 15) is 9.90 Å². The monoisotopic (exact) mass is 485 g/mol. The highest BCUT2D eigenvalue weighted by molar-refractivity contribution is 5.92. The van der Waals surface area contributed by atoms with Gasteiger partial charge < -0.3 is 14.6 Å². The minimum Gasteiger partial charge on any atom is -0.478 e. The van der Waals surface area contributed by atoms with Gasteiger partial charge in [-0.3, -0.25) is 0 Å². The molecule has 0 spiro atoms. The van der Waals surface area contributed by atoms with E-state index in [1.165, 1.54) is 89.9 Å². The minimum atomic E-state index is -0.891. The highest BCUT2D eigenvalue weighted by Crippen LogP contribution is 2.21. The van der Waals surface area contributed by atoms with E-state index < -0.39 is 5.97 Å². The molecule has 0 unspecified atom stereocenters. The van der Waals surface area contributed by atoms with Crippen molar-refractivity contribution in [2.75, 3.05) is 20.6 Å². The normalized spacial score (nSPS) is 11.7. The third-order valence-corrected chi connectivity index (χ3v) is 7.07. The third kappa shape index (κ3) is 11.6.